The Balaban J connectivity index is 1.56. The summed E-state index contributed by atoms with van der Waals surface area (Å²) in [5.74, 6) is -0.276. The van der Waals surface area contributed by atoms with Gasteiger partial charge in [-0.2, -0.15) is 0 Å². The first-order chi connectivity index (χ1) is 12.9. The van der Waals surface area contributed by atoms with Gasteiger partial charge in [-0.15, -0.1) is 13.2 Å². The molecule has 1 aromatic carbocycles. The van der Waals surface area contributed by atoms with Gasteiger partial charge < -0.3 is 34.7 Å². The molecular weight excluding hydrogens is 369 g/mol. The van der Waals surface area contributed by atoms with Gasteiger partial charge in [-0.3, -0.25) is 0 Å². The van der Waals surface area contributed by atoms with Crippen LogP contribution in [0.5, 0.6) is 5.75 Å². The molecule has 0 radical (unpaired) electrons. The third-order valence-electron chi connectivity index (χ3n) is 4.55. The lowest BCUT2D eigenvalue weighted by molar-refractivity contribution is -0.274. The van der Waals surface area contributed by atoms with Crippen LogP contribution in [0.25, 0.3) is 0 Å². The molecule has 5 unspecified atom stereocenters. The number of halogens is 3. The van der Waals surface area contributed by atoms with Gasteiger partial charge in [0.05, 0.1) is 31.4 Å². The summed E-state index contributed by atoms with van der Waals surface area (Å²) in [6.45, 7) is 1.74. The number of rotatable bonds is 8. The molecule has 152 valence electrons. The van der Waals surface area contributed by atoms with Crippen LogP contribution < -0.4 is 15.4 Å². The van der Waals surface area contributed by atoms with E-state index in [1.54, 1.807) is 7.11 Å². The lowest BCUT2D eigenvalue weighted by Crippen LogP contribution is -2.63. The summed E-state index contributed by atoms with van der Waals surface area (Å²) in [7, 11) is 1.59. The Morgan fingerprint density at radius 2 is 1.93 bits per heavy atom. The average molecular weight is 392 g/mol. The molecule has 0 aliphatic carbocycles. The van der Waals surface area contributed by atoms with Crippen molar-refractivity contribution in [2.45, 2.75) is 43.5 Å². The van der Waals surface area contributed by atoms with Gasteiger partial charge in [0.2, 0.25) is 0 Å². The zero-order valence-electron chi connectivity index (χ0n) is 14.7. The maximum Gasteiger partial charge on any atom is 0.573 e. The molecule has 0 saturated carbocycles. The fourth-order valence-corrected chi connectivity index (χ4v) is 3.26. The summed E-state index contributed by atoms with van der Waals surface area (Å²) in [4.78, 5) is 0. The molecule has 3 rings (SSSR count). The second kappa shape index (κ2) is 8.72. The first-order valence-corrected chi connectivity index (χ1v) is 8.63. The van der Waals surface area contributed by atoms with E-state index in [0.717, 1.165) is 5.56 Å². The van der Waals surface area contributed by atoms with E-state index >= 15 is 0 Å². The second-order valence-corrected chi connectivity index (χ2v) is 6.44. The highest BCUT2D eigenvalue weighted by Gasteiger charge is 2.49. The van der Waals surface area contributed by atoms with Gasteiger partial charge in [-0.25, -0.2) is 0 Å². The molecule has 7 nitrogen and oxygen atoms in total. The minimum atomic E-state index is -4.72. The highest BCUT2D eigenvalue weighted by Crippen LogP contribution is 2.28. The molecule has 2 heterocycles. The number of aliphatic hydroxyl groups is 1. The number of aliphatic hydroxyl groups excluding tert-OH is 1. The van der Waals surface area contributed by atoms with Gasteiger partial charge in [0.15, 0.2) is 6.29 Å². The Hall–Kier alpha value is -1.43. The smallest absolute Gasteiger partial charge is 0.406 e. The molecular formula is C17H23F3N2O5. The number of methoxy groups -OCH3 is 1. The highest BCUT2D eigenvalue weighted by atomic mass is 19.4. The number of hydrogen-bond acceptors (Lipinski definition) is 7. The number of ether oxygens (including phenoxy) is 4. The van der Waals surface area contributed by atoms with Crippen LogP contribution in [0.2, 0.25) is 0 Å². The van der Waals surface area contributed by atoms with E-state index in [-0.39, 0.29) is 17.9 Å². The first-order valence-electron chi connectivity index (χ1n) is 8.63. The molecule has 27 heavy (non-hydrogen) atoms. The summed E-state index contributed by atoms with van der Waals surface area (Å²) in [5.41, 5.74) is 0.752. The van der Waals surface area contributed by atoms with E-state index in [2.05, 4.69) is 15.4 Å². The highest BCUT2D eigenvalue weighted by molar-refractivity contribution is 5.27. The van der Waals surface area contributed by atoms with Crippen LogP contribution in [0, 0.1) is 0 Å². The predicted molar refractivity (Wildman–Crippen MR) is 88.0 cm³/mol. The normalized spacial score (nSPS) is 30.5. The van der Waals surface area contributed by atoms with Crippen molar-refractivity contribution in [3.63, 3.8) is 0 Å². The Morgan fingerprint density at radius 3 is 2.59 bits per heavy atom. The standard InChI is InChI=1S/C17H23F3N2O5/c1-24-7-6-21-14-15(23)13(12-9-25-16(14)26-12)22-8-10-2-4-11(5-3-10)27-17(18,19)20/h2-5,12-16,21-23H,6-9H2,1H3. The molecule has 2 bridgehead atoms. The van der Waals surface area contributed by atoms with Crippen LogP contribution in [-0.2, 0) is 20.8 Å². The predicted octanol–water partition coefficient (Wildman–Crippen LogP) is 0.764. The molecule has 0 spiro atoms. The van der Waals surface area contributed by atoms with E-state index in [1.165, 1.54) is 24.3 Å². The van der Waals surface area contributed by atoms with E-state index in [9.17, 15) is 18.3 Å². The summed E-state index contributed by atoms with van der Waals surface area (Å²) < 4.78 is 56.9. The first kappa shape index (κ1) is 20.3. The second-order valence-electron chi connectivity index (χ2n) is 6.44. The van der Waals surface area contributed by atoms with Crippen molar-refractivity contribution in [3.05, 3.63) is 29.8 Å². The third kappa shape index (κ3) is 5.31. The van der Waals surface area contributed by atoms with Crippen molar-refractivity contribution in [3.8, 4) is 5.75 Å². The van der Waals surface area contributed by atoms with E-state index in [4.69, 9.17) is 14.2 Å². The van der Waals surface area contributed by atoms with E-state index in [1.807, 2.05) is 0 Å². The molecule has 3 N–H and O–H groups in total. The van der Waals surface area contributed by atoms with Crippen LogP contribution in [0.3, 0.4) is 0 Å². The number of alkyl halides is 3. The number of hydrogen-bond donors (Lipinski definition) is 3. The summed E-state index contributed by atoms with van der Waals surface area (Å²) in [5, 5.41) is 17.1. The van der Waals surface area contributed by atoms with Gasteiger partial charge in [0.1, 0.15) is 11.9 Å². The molecule has 1 aromatic rings. The van der Waals surface area contributed by atoms with Crippen LogP contribution in [-0.4, -0.2) is 68.9 Å². The van der Waals surface area contributed by atoms with Gasteiger partial charge in [0, 0.05) is 20.2 Å². The number of nitrogens with one attached hydrogen (secondary N) is 2. The van der Waals surface area contributed by atoms with Crippen molar-refractivity contribution < 1.29 is 37.2 Å². The number of fused-ring (bicyclic) bond motifs is 2. The lowest BCUT2D eigenvalue weighted by atomic mass is 9.95. The zero-order chi connectivity index (χ0) is 19.4. The third-order valence-corrected chi connectivity index (χ3v) is 4.55. The van der Waals surface area contributed by atoms with Crippen LogP contribution in [0.15, 0.2) is 24.3 Å². The monoisotopic (exact) mass is 392 g/mol. The van der Waals surface area contributed by atoms with Gasteiger partial charge in [0.25, 0.3) is 0 Å². The van der Waals surface area contributed by atoms with Crippen molar-refractivity contribution in [1.82, 2.24) is 10.6 Å². The van der Waals surface area contributed by atoms with Crippen LogP contribution in [0.4, 0.5) is 13.2 Å². The maximum absolute atomic E-state index is 12.2. The molecule has 5 atom stereocenters. The molecule has 2 fully saturated rings. The Bertz CT molecular complexity index is 601. The van der Waals surface area contributed by atoms with Gasteiger partial charge in [-0.1, -0.05) is 12.1 Å². The minimum Gasteiger partial charge on any atom is -0.406 e. The van der Waals surface area contributed by atoms with E-state index < -0.39 is 24.8 Å². The zero-order valence-corrected chi connectivity index (χ0v) is 14.7. The molecule has 2 aliphatic rings. The Kier molecular flexibility index (Phi) is 6.56. The molecule has 10 heteroatoms. The van der Waals surface area contributed by atoms with Gasteiger partial charge >= 0.3 is 6.36 Å². The SMILES string of the molecule is COCCNC1C2OCC(O2)C(NCc2ccc(OC(F)(F)F)cc2)C1O. The van der Waals surface area contributed by atoms with Gasteiger partial charge in [-0.05, 0) is 17.7 Å². The van der Waals surface area contributed by atoms with Crippen molar-refractivity contribution >= 4 is 0 Å². The largest absolute Gasteiger partial charge is 0.573 e. The quantitative estimate of drug-likeness (QED) is 0.564. The Labute approximate surface area is 154 Å². The lowest BCUT2D eigenvalue weighted by Gasteiger charge is -2.39. The topological polar surface area (TPSA) is 81.2 Å². The average Bonchev–Trinajstić information content (AvgIpc) is 3.04. The molecule has 2 saturated heterocycles. The minimum absolute atomic E-state index is 0.276. The van der Waals surface area contributed by atoms with Crippen molar-refractivity contribution in [1.29, 1.82) is 0 Å². The molecule has 2 aliphatic heterocycles. The maximum atomic E-state index is 12.2. The Morgan fingerprint density at radius 1 is 1.19 bits per heavy atom. The summed E-state index contributed by atoms with van der Waals surface area (Å²) >= 11 is 0. The summed E-state index contributed by atoms with van der Waals surface area (Å²) in [6.07, 6.45) is -6.27. The number of benzene rings is 1. The summed E-state index contributed by atoms with van der Waals surface area (Å²) in [6, 6.07) is 4.79. The molecule has 0 amide bonds. The van der Waals surface area contributed by atoms with Crippen molar-refractivity contribution in [2.24, 2.45) is 0 Å². The van der Waals surface area contributed by atoms with Crippen molar-refractivity contribution in [2.75, 3.05) is 26.9 Å². The van der Waals surface area contributed by atoms with Crippen LogP contribution in [0.1, 0.15) is 5.56 Å². The van der Waals surface area contributed by atoms with E-state index in [0.29, 0.717) is 26.3 Å². The fraction of sp³-hybridized carbons (Fsp3) is 0.647. The fourth-order valence-electron chi connectivity index (χ4n) is 3.26. The van der Waals surface area contributed by atoms with Crippen LogP contribution >= 0.6 is 0 Å². The molecule has 0 aromatic heterocycles.